The number of guanidine groups is 1. The van der Waals surface area contributed by atoms with Gasteiger partial charge in [-0.1, -0.05) is 12.8 Å². The summed E-state index contributed by atoms with van der Waals surface area (Å²) in [5.74, 6) is 3.16. The zero-order valence-corrected chi connectivity index (χ0v) is 15.9. The fraction of sp³-hybridized carbons (Fsp3) is 0.944. The van der Waals surface area contributed by atoms with Crippen molar-refractivity contribution in [1.82, 2.24) is 10.2 Å². The molecule has 0 aromatic heterocycles. The zero-order chi connectivity index (χ0) is 16.3. The Morgan fingerprint density at radius 1 is 1.17 bits per heavy atom. The van der Waals surface area contributed by atoms with E-state index < -0.39 is 0 Å². The van der Waals surface area contributed by atoms with E-state index in [-0.39, 0.29) is 0 Å². The Kier molecular flexibility index (Phi) is 9.20. The summed E-state index contributed by atoms with van der Waals surface area (Å²) < 4.78 is 6.16. The van der Waals surface area contributed by atoms with Crippen molar-refractivity contribution in [1.29, 1.82) is 0 Å². The fourth-order valence-electron chi connectivity index (χ4n) is 3.59. The highest BCUT2D eigenvalue weighted by molar-refractivity contribution is 7.98. The van der Waals surface area contributed by atoms with E-state index in [1.165, 1.54) is 44.3 Å². The van der Waals surface area contributed by atoms with Crippen LogP contribution in [0.25, 0.3) is 0 Å². The molecule has 1 saturated heterocycles. The number of ether oxygens (including phenoxy) is 1. The summed E-state index contributed by atoms with van der Waals surface area (Å²) >= 11 is 1.93. The highest BCUT2D eigenvalue weighted by Crippen LogP contribution is 2.26. The number of hydrogen-bond acceptors (Lipinski definition) is 3. The molecule has 1 heterocycles. The molecule has 0 radical (unpaired) electrons. The van der Waals surface area contributed by atoms with Crippen LogP contribution in [0, 0.1) is 5.92 Å². The molecule has 0 unspecified atom stereocenters. The third kappa shape index (κ3) is 6.92. The Morgan fingerprint density at radius 3 is 2.57 bits per heavy atom. The molecule has 0 atom stereocenters. The summed E-state index contributed by atoms with van der Waals surface area (Å²) in [4.78, 5) is 6.84. The quantitative estimate of drug-likeness (QED) is 0.417. The Morgan fingerprint density at radius 2 is 1.91 bits per heavy atom. The Hall–Kier alpha value is -0.420. The van der Waals surface area contributed by atoms with Gasteiger partial charge in [-0.2, -0.15) is 11.8 Å². The first-order valence-electron chi connectivity index (χ1n) is 9.39. The molecule has 2 rings (SSSR count). The SMILES string of the molecule is CN=C(NCCCCSC)N1CCC(OCC2CCCC2)CC1. The van der Waals surface area contributed by atoms with Crippen LogP contribution in [0.2, 0.25) is 0 Å². The van der Waals surface area contributed by atoms with Crippen LogP contribution in [0.3, 0.4) is 0 Å². The molecule has 134 valence electrons. The standard InChI is InChI=1S/C18H35N3OS/c1-19-18(20-11-5-6-14-23-2)21-12-9-17(10-13-21)22-15-16-7-3-4-8-16/h16-17H,3-15H2,1-2H3,(H,19,20). The van der Waals surface area contributed by atoms with E-state index in [0.29, 0.717) is 6.10 Å². The normalized spacial score (nSPS) is 21.1. The van der Waals surface area contributed by atoms with Crippen LogP contribution in [-0.4, -0.2) is 62.3 Å². The maximum atomic E-state index is 6.16. The van der Waals surface area contributed by atoms with Crippen molar-refractivity contribution in [3.05, 3.63) is 0 Å². The monoisotopic (exact) mass is 341 g/mol. The minimum absolute atomic E-state index is 0.464. The van der Waals surface area contributed by atoms with E-state index in [1.807, 2.05) is 18.8 Å². The van der Waals surface area contributed by atoms with Crippen molar-refractivity contribution < 1.29 is 4.74 Å². The second kappa shape index (κ2) is 11.2. The van der Waals surface area contributed by atoms with Gasteiger partial charge in [0.2, 0.25) is 0 Å². The van der Waals surface area contributed by atoms with Crippen molar-refractivity contribution in [2.45, 2.75) is 57.5 Å². The summed E-state index contributed by atoms with van der Waals surface area (Å²) in [6.07, 6.45) is 13.0. The molecule has 0 bridgehead atoms. The van der Waals surface area contributed by atoms with Crippen LogP contribution in [0.4, 0.5) is 0 Å². The van der Waals surface area contributed by atoms with Crippen molar-refractivity contribution in [2.75, 3.05) is 45.3 Å². The summed E-state index contributed by atoms with van der Waals surface area (Å²) in [6.45, 7) is 4.16. The molecule has 1 saturated carbocycles. The Balaban J connectivity index is 1.59. The van der Waals surface area contributed by atoms with Crippen LogP contribution in [0.15, 0.2) is 4.99 Å². The van der Waals surface area contributed by atoms with Gasteiger partial charge < -0.3 is 15.0 Å². The molecule has 1 aliphatic heterocycles. The molecule has 23 heavy (non-hydrogen) atoms. The number of aliphatic imine (C=N–C) groups is 1. The topological polar surface area (TPSA) is 36.9 Å². The van der Waals surface area contributed by atoms with Crippen molar-refractivity contribution in [2.24, 2.45) is 10.9 Å². The average molecular weight is 342 g/mol. The second-order valence-corrected chi connectivity index (χ2v) is 7.83. The maximum absolute atomic E-state index is 6.16. The summed E-state index contributed by atoms with van der Waals surface area (Å²) in [5.41, 5.74) is 0. The van der Waals surface area contributed by atoms with E-state index in [4.69, 9.17) is 4.74 Å². The first kappa shape index (κ1) is 18.9. The fourth-order valence-corrected chi connectivity index (χ4v) is 4.08. The summed E-state index contributed by atoms with van der Waals surface area (Å²) in [7, 11) is 1.90. The number of nitrogens with zero attached hydrogens (tertiary/aromatic N) is 2. The second-order valence-electron chi connectivity index (χ2n) is 6.84. The molecule has 1 aliphatic carbocycles. The Bertz CT molecular complexity index is 337. The summed E-state index contributed by atoms with van der Waals surface area (Å²) in [5, 5.41) is 3.52. The predicted molar refractivity (Wildman–Crippen MR) is 101 cm³/mol. The molecule has 0 aromatic rings. The number of likely N-dealkylation sites (tertiary alicyclic amines) is 1. The number of piperidine rings is 1. The molecule has 5 heteroatoms. The van der Waals surface area contributed by atoms with Crippen molar-refractivity contribution in [3.8, 4) is 0 Å². The minimum Gasteiger partial charge on any atom is -0.378 e. The number of unbranched alkanes of at least 4 members (excludes halogenated alkanes) is 1. The van der Waals surface area contributed by atoms with Crippen LogP contribution < -0.4 is 5.32 Å². The lowest BCUT2D eigenvalue weighted by molar-refractivity contribution is 0.00102. The molecule has 0 aromatic carbocycles. The average Bonchev–Trinajstić information content (AvgIpc) is 3.10. The van der Waals surface area contributed by atoms with Crippen LogP contribution in [0.1, 0.15) is 51.4 Å². The molecule has 4 nitrogen and oxygen atoms in total. The maximum Gasteiger partial charge on any atom is 0.193 e. The molecule has 0 spiro atoms. The lowest BCUT2D eigenvalue weighted by atomic mass is 10.1. The highest BCUT2D eigenvalue weighted by Gasteiger charge is 2.23. The summed E-state index contributed by atoms with van der Waals surface area (Å²) in [6, 6.07) is 0. The first-order chi connectivity index (χ1) is 11.3. The zero-order valence-electron chi connectivity index (χ0n) is 15.1. The largest absolute Gasteiger partial charge is 0.378 e. The number of thioether (sulfide) groups is 1. The van der Waals surface area contributed by atoms with Crippen LogP contribution >= 0.6 is 11.8 Å². The molecular weight excluding hydrogens is 306 g/mol. The first-order valence-corrected chi connectivity index (χ1v) is 10.8. The van der Waals surface area contributed by atoms with E-state index in [9.17, 15) is 0 Å². The van der Waals surface area contributed by atoms with Crippen molar-refractivity contribution >= 4 is 17.7 Å². The van der Waals surface area contributed by atoms with Gasteiger partial charge in [0.25, 0.3) is 0 Å². The number of hydrogen-bond donors (Lipinski definition) is 1. The van der Waals surface area contributed by atoms with Crippen LogP contribution in [0.5, 0.6) is 0 Å². The lowest BCUT2D eigenvalue weighted by Crippen LogP contribution is -2.47. The van der Waals surface area contributed by atoms with Gasteiger partial charge in [0.1, 0.15) is 0 Å². The third-order valence-electron chi connectivity index (χ3n) is 5.05. The van der Waals surface area contributed by atoms with Gasteiger partial charge in [0.15, 0.2) is 5.96 Å². The molecule has 2 fully saturated rings. The highest BCUT2D eigenvalue weighted by atomic mass is 32.2. The molecule has 2 aliphatic rings. The lowest BCUT2D eigenvalue weighted by Gasteiger charge is -2.34. The van der Waals surface area contributed by atoms with Gasteiger partial charge in [0, 0.05) is 33.3 Å². The molecule has 1 N–H and O–H groups in total. The molecule has 0 amide bonds. The minimum atomic E-state index is 0.464. The van der Waals surface area contributed by atoms with Crippen molar-refractivity contribution in [3.63, 3.8) is 0 Å². The third-order valence-corrected chi connectivity index (χ3v) is 5.75. The molecular formula is C18H35N3OS. The Labute approximate surface area is 146 Å². The van der Waals surface area contributed by atoms with E-state index in [1.54, 1.807) is 0 Å². The van der Waals surface area contributed by atoms with E-state index in [2.05, 4.69) is 21.5 Å². The van der Waals surface area contributed by atoms with E-state index >= 15 is 0 Å². The van der Waals surface area contributed by atoms with E-state index in [0.717, 1.165) is 51.0 Å². The van der Waals surface area contributed by atoms with Gasteiger partial charge in [-0.15, -0.1) is 0 Å². The smallest absolute Gasteiger partial charge is 0.193 e. The van der Waals surface area contributed by atoms with Gasteiger partial charge in [-0.3, -0.25) is 4.99 Å². The number of rotatable bonds is 8. The van der Waals surface area contributed by atoms with Crippen LogP contribution in [-0.2, 0) is 4.74 Å². The predicted octanol–water partition coefficient (Wildman–Crippen LogP) is 3.38. The van der Waals surface area contributed by atoms with Gasteiger partial charge >= 0.3 is 0 Å². The van der Waals surface area contributed by atoms with Gasteiger partial charge in [-0.05, 0) is 56.5 Å². The van der Waals surface area contributed by atoms with Gasteiger partial charge in [0.05, 0.1) is 6.10 Å². The number of nitrogens with one attached hydrogen (secondary N) is 1. The van der Waals surface area contributed by atoms with Gasteiger partial charge in [-0.25, -0.2) is 0 Å².